The standard InChI is InChI=1S/C18H12N2O2S/c19-15-11-3-1-2-4-12(11)17(21)14-13(15)18(22)20-16(14)9-5-7-10(23)8-6-9/h1-8,19-20,22-23H. The van der Waals surface area contributed by atoms with Crippen LogP contribution in [0.25, 0.3) is 11.3 Å². The van der Waals surface area contributed by atoms with Crippen LogP contribution >= 0.6 is 12.6 Å². The van der Waals surface area contributed by atoms with E-state index in [2.05, 4.69) is 17.6 Å². The number of ketones is 1. The van der Waals surface area contributed by atoms with Crippen molar-refractivity contribution in [2.24, 2.45) is 0 Å². The minimum absolute atomic E-state index is 0.154. The van der Waals surface area contributed by atoms with Gasteiger partial charge in [0.25, 0.3) is 0 Å². The highest BCUT2D eigenvalue weighted by Gasteiger charge is 2.34. The van der Waals surface area contributed by atoms with Gasteiger partial charge in [0.05, 0.1) is 22.5 Å². The molecule has 0 saturated carbocycles. The zero-order chi connectivity index (χ0) is 16.1. The molecule has 1 aromatic heterocycles. The molecule has 1 aliphatic carbocycles. The molecule has 0 atom stereocenters. The summed E-state index contributed by atoms with van der Waals surface area (Å²) in [6.45, 7) is 0. The number of hydrogen-bond acceptors (Lipinski definition) is 4. The Hall–Kier alpha value is -2.79. The van der Waals surface area contributed by atoms with Crippen LogP contribution < -0.4 is 0 Å². The number of carbonyl (C=O) groups excluding carboxylic acids is 1. The first-order valence-electron chi connectivity index (χ1n) is 7.05. The molecule has 0 spiro atoms. The molecule has 0 bridgehead atoms. The predicted octanol–water partition coefficient (Wildman–Crippen LogP) is 3.64. The van der Waals surface area contributed by atoms with E-state index in [1.54, 1.807) is 24.3 Å². The molecule has 23 heavy (non-hydrogen) atoms. The number of carbonyl (C=O) groups is 1. The van der Waals surface area contributed by atoms with Gasteiger partial charge in [-0.05, 0) is 17.7 Å². The van der Waals surface area contributed by atoms with Crippen molar-refractivity contribution in [3.8, 4) is 17.1 Å². The van der Waals surface area contributed by atoms with E-state index >= 15 is 0 Å². The highest BCUT2D eigenvalue weighted by atomic mass is 32.1. The number of rotatable bonds is 1. The monoisotopic (exact) mass is 320 g/mol. The number of benzene rings is 2. The van der Waals surface area contributed by atoms with Crippen molar-refractivity contribution < 1.29 is 9.90 Å². The van der Waals surface area contributed by atoms with Gasteiger partial charge in [0.2, 0.25) is 0 Å². The van der Waals surface area contributed by atoms with E-state index in [0.717, 1.165) is 10.5 Å². The van der Waals surface area contributed by atoms with Gasteiger partial charge >= 0.3 is 0 Å². The molecular formula is C18H12N2O2S. The zero-order valence-corrected chi connectivity index (χ0v) is 12.8. The highest BCUT2D eigenvalue weighted by molar-refractivity contribution is 7.80. The molecule has 3 aromatic rings. The molecule has 1 heterocycles. The Morgan fingerprint density at radius 1 is 0.957 bits per heavy atom. The summed E-state index contributed by atoms with van der Waals surface area (Å²) in [5, 5.41) is 18.6. The lowest BCUT2D eigenvalue weighted by Crippen LogP contribution is -2.19. The molecule has 0 aliphatic heterocycles. The third-order valence-electron chi connectivity index (χ3n) is 4.05. The van der Waals surface area contributed by atoms with Crippen LogP contribution in [0.15, 0.2) is 53.4 Å². The number of aromatic hydroxyl groups is 1. The van der Waals surface area contributed by atoms with Crippen molar-refractivity contribution in [1.29, 1.82) is 5.41 Å². The van der Waals surface area contributed by atoms with Crippen molar-refractivity contribution >= 4 is 24.1 Å². The predicted molar refractivity (Wildman–Crippen MR) is 91.0 cm³/mol. The van der Waals surface area contributed by atoms with Crippen molar-refractivity contribution in [1.82, 2.24) is 4.98 Å². The van der Waals surface area contributed by atoms with E-state index in [4.69, 9.17) is 5.41 Å². The van der Waals surface area contributed by atoms with Gasteiger partial charge in [-0.1, -0.05) is 36.4 Å². The number of aromatic nitrogens is 1. The van der Waals surface area contributed by atoms with Gasteiger partial charge in [0.15, 0.2) is 11.7 Å². The Bertz CT molecular complexity index is 971. The van der Waals surface area contributed by atoms with Gasteiger partial charge in [0, 0.05) is 16.0 Å². The lowest BCUT2D eigenvalue weighted by atomic mass is 9.84. The van der Waals surface area contributed by atoms with Crippen LogP contribution in [0, 0.1) is 5.41 Å². The fraction of sp³-hybridized carbons (Fsp3) is 0. The summed E-state index contributed by atoms with van der Waals surface area (Å²) in [4.78, 5) is 16.5. The maximum absolute atomic E-state index is 12.9. The topological polar surface area (TPSA) is 76.9 Å². The molecule has 0 radical (unpaired) electrons. The van der Waals surface area contributed by atoms with Crippen molar-refractivity contribution in [2.75, 3.05) is 0 Å². The Morgan fingerprint density at radius 3 is 2.30 bits per heavy atom. The van der Waals surface area contributed by atoms with Crippen molar-refractivity contribution in [3.63, 3.8) is 0 Å². The minimum atomic E-state index is -0.187. The van der Waals surface area contributed by atoms with E-state index in [1.165, 1.54) is 0 Å². The second-order valence-electron chi connectivity index (χ2n) is 5.40. The minimum Gasteiger partial charge on any atom is -0.494 e. The Morgan fingerprint density at radius 2 is 1.61 bits per heavy atom. The SMILES string of the molecule is N=C1c2ccccc2C(=O)c2c(-c3ccc(S)cc3)[nH]c(O)c21. The molecule has 4 rings (SSSR count). The summed E-state index contributed by atoms with van der Waals surface area (Å²) in [5.41, 5.74) is 3.07. The highest BCUT2D eigenvalue weighted by Crippen LogP contribution is 2.39. The number of aromatic amines is 1. The summed E-state index contributed by atoms with van der Waals surface area (Å²) in [7, 11) is 0. The molecule has 0 fully saturated rings. The smallest absolute Gasteiger partial charge is 0.199 e. The summed E-state index contributed by atoms with van der Waals surface area (Å²) in [6.07, 6.45) is 0. The first kappa shape index (κ1) is 13.8. The third kappa shape index (κ3) is 1.94. The molecule has 1 aliphatic rings. The summed E-state index contributed by atoms with van der Waals surface area (Å²) in [6, 6.07) is 14.3. The summed E-state index contributed by atoms with van der Waals surface area (Å²) in [5.74, 6) is -0.342. The van der Waals surface area contributed by atoms with Crippen molar-refractivity contribution in [3.05, 3.63) is 70.8 Å². The number of H-pyrrole nitrogens is 1. The van der Waals surface area contributed by atoms with Crippen LogP contribution in [0.4, 0.5) is 0 Å². The van der Waals surface area contributed by atoms with E-state index in [9.17, 15) is 9.90 Å². The lowest BCUT2D eigenvalue weighted by Gasteiger charge is -2.17. The lowest BCUT2D eigenvalue weighted by molar-refractivity contribution is 0.103. The number of fused-ring (bicyclic) bond motifs is 2. The second kappa shape index (κ2) is 4.86. The van der Waals surface area contributed by atoms with Gasteiger partial charge in [-0.3, -0.25) is 10.2 Å². The largest absolute Gasteiger partial charge is 0.494 e. The van der Waals surface area contributed by atoms with Gasteiger partial charge in [0.1, 0.15) is 0 Å². The Balaban J connectivity index is 1.99. The van der Waals surface area contributed by atoms with E-state index in [1.807, 2.05) is 24.3 Å². The molecule has 3 N–H and O–H groups in total. The maximum Gasteiger partial charge on any atom is 0.199 e. The van der Waals surface area contributed by atoms with E-state index in [-0.39, 0.29) is 22.9 Å². The van der Waals surface area contributed by atoms with Gasteiger partial charge in [-0.2, -0.15) is 0 Å². The average Bonchev–Trinajstić information content (AvgIpc) is 2.91. The molecule has 5 heteroatoms. The Kier molecular flexibility index (Phi) is 2.92. The fourth-order valence-corrected chi connectivity index (χ4v) is 3.12. The second-order valence-corrected chi connectivity index (χ2v) is 5.91. The molecule has 112 valence electrons. The van der Waals surface area contributed by atoms with E-state index in [0.29, 0.717) is 22.4 Å². The number of thiol groups is 1. The molecular weight excluding hydrogens is 308 g/mol. The quantitative estimate of drug-likeness (QED) is 0.404. The van der Waals surface area contributed by atoms with E-state index < -0.39 is 0 Å². The van der Waals surface area contributed by atoms with Crippen LogP contribution in [0.2, 0.25) is 0 Å². The average molecular weight is 320 g/mol. The summed E-state index contributed by atoms with van der Waals surface area (Å²) >= 11 is 4.26. The molecule has 2 aromatic carbocycles. The van der Waals surface area contributed by atoms with Crippen LogP contribution in [0.1, 0.15) is 27.0 Å². The van der Waals surface area contributed by atoms with Gasteiger partial charge in [-0.25, -0.2) is 0 Å². The molecule has 0 saturated heterocycles. The number of nitrogens with one attached hydrogen (secondary N) is 2. The fourth-order valence-electron chi connectivity index (χ4n) is 2.97. The number of hydrogen-bond donors (Lipinski definition) is 4. The molecule has 4 nitrogen and oxygen atoms in total. The zero-order valence-electron chi connectivity index (χ0n) is 11.9. The summed E-state index contributed by atoms with van der Waals surface area (Å²) < 4.78 is 0. The third-order valence-corrected chi connectivity index (χ3v) is 4.35. The van der Waals surface area contributed by atoms with Crippen LogP contribution in [-0.2, 0) is 0 Å². The molecule has 0 amide bonds. The van der Waals surface area contributed by atoms with Gasteiger partial charge < -0.3 is 10.1 Å². The van der Waals surface area contributed by atoms with Gasteiger partial charge in [-0.15, -0.1) is 12.6 Å². The maximum atomic E-state index is 12.9. The molecule has 0 unspecified atom stereocenters. The van der Waals surface area contributed by atoms with Crippen LogP contribution in [-0.4, -0.2) is 21.6 Å². The first-order chi connectivity index (χ1) is 11.1. The Labute approximate surface area is 137 Å². The van der Waals surface area contributed by atoms with Crippen LogP contribution in [0.5, 0.6) is 5.88 Å². The normalized spacial score (nSPS) is 12.9. The van der Waals surface area contributed by atoms with Crippen molar-refractivity contribution in [2.45, 2.75) is 4.90 Å². The van der Waals surface area contributed by atoms with Crippen LogP contribution in [0.3, 0.4) is 0 Å². The first-order valence-corrected chi connectivity index (χ1v) is 7.50.